The summed E-state index contributed by atoms with van der Waals surface area (Å²) in [6, 6.07) is 2.12. The quantitative estimate of drug-likeness (QED) is 0.840. The summed E-state index contributed by atoms with van der Waals surface area (Å²) in [5, 5.41) is 6.24. The maximum absolute atomic E-state index is 11.6. The number of carbonyl (C=O) groups is 1. The van der Waals surface area contributed by atoms with Gasteiger partial charge < -0.3 is 15.5 Å². The van der Waals surface area contributed by atoms with Crippen molar-refractivity contribution in [1.29, 1.82) is 0 Å². The molecule has 0 aliphatic heterocycles. The van der Waals surface area contributed by atoms with Crippen molar-refractivity contribution in [2.75, 3.05) is 25.0 Å². The van der Waals surface area contributed by atoms with Gasteiger partial charge in [0.05, 0.1) is 6.54 Å². The van der Waals surface area contributed by atoms with E-state index >= 15 is 0 Å². The van der Waals surface area contributed by atoms with Crippen LogP contribution in [0, 0.1) is 6.92 Å². The second kappa shape index (κ2) is 7.41. The zero-order valence-corrected chi connectivity index (χ0v) is 14.1. The third-order valence-electron chi connectivity index (χ3n) is 3.05. The van der Waals surface area contributed by atoms with E-state index in [1.54, 1.807) is 0 Å². The van der Waals surface area contributed by atoms with Gasteiger partial charge in [-0.2, -0.15) is 0 Å². The predicted octanol–water partition coefficient (Wildman–Crippen LogP) is 1.85. The third kappa shape index (κ3) is 6.12. The van der Waals surface area contributed by atoms with E-state index in [9.17, 15) is 4.79 Å². The van der Waals surface area contributed by atoms with Gasteiger partial charge in [-0.15, -0.1) is 0 Å². The molecule has 1 aromatic heterocycles. The summed E-state index contributed by atoms with van der Waals surface area (Å²) in [6.45, 7) is 12.1. The zero-order chi connectivity index (χ0) is 16.0. The van der Waals surface area contributed by atoms with E-state index in [0.29, 0.717) is 13.1 Å². The summed E-state index contributed by atoms with van der Waals surface area (Å²) in [4.78, 5) is 18.0. The standard InChI is InChI=1S/C16H28N4O/c1-7-17-14(21)11-20(6)15-12(2)8-13(9-18-15)10-19-16(3,4)5/h8-9,19H,7,10-11H2,1-6H3,(H,17,21). The molecule has 118 valence electrons. The summed E-state index contributed by atoms with van der Waals surface area (Å²) in [7, 11) is 1.89. The highest BCUT2D eigenvalue weighted by molar-refractivity contribution is 5.81. The Bertz CT molecular complexity index is 480. The number of amides is 1. The van der Waals surface area contributed by atoms with Crippen molar-refractivity contribution in [3.63, 3.8) is 0 Å². The van der Waals surface area contributed by atoms with Gasteiger partial charge in [0, 0.05) is 31.9 Å². The molecule has 1 aromatic rings. The highest BCUT2D eigenvalue weighted by atomic mass is 16.2. The van der Waals surface area contributed by atoms with E-state index in [1.807, 2.05) is 32.0 Å². The second-order valence-corrected chi connectivity index (χ2v) is 6.40. The van der Waals surface area contributed by atoms with E-state index in [0.717, 1.165) is 23.5 Å². The molecule has 0 fully saturated rings. The van der Waals surface area contributed by atoms with Gasteiger partial charge in [-0.05, 0) is 51.8 Å². The number of aryl methyl sites for hydroxylation is 1. The summed E-state index contributed by atoms with van der Waals surface area (Å²) >= 11 is 0. The van der Waals surface area contributed by atoms with Gasteiger partial charge in [0.1, 0.15) is 5.82 Å². The maximum atomic E-state index is 11.6. The largest absolute Gasteiger partial charge is 0.355 e. The highest BCUT2D eigenvalue weighted by Gasteiger charge is 2.12. The molecule has 0 aliphatic carbocycles. The zero-order valence-electron chi connectivity index (χ0n) is 14.1. The molecule has 0 bridgehead atoms. The number of nitrogens with zero attached hydrogens (tertiary/aromatic N) is 2. The molecule has 2 N–H and O–H groups in total. The Morgan fingerprint density at radius 2 is 2.05 bits per heavy atom. The molecule has 5 nitrogen and oxygen atoms in total. The van der Waals surface area contributed by atoms with Crippen LogP contribution in [-0.2, 0) is 11.3 Å². The molecule has 5 heteroatoms. The second-order valence-electron chi connectivity index (χ2n) is 6.40. The number of nitrogens with one attached hydrogen (secondary N) is 2. The van der Waals surface area contributed by atoms with Crippen LogP contribution in [0.5, 0.6) is 0 Å². The van der Waals surface area contributed by atoms with Crippen molar-refractivity contribution in [2.24, 2.45) is 0 Å². The molecule has 0 aromatic carbocycles. The molecule has 0 aliphatic rings. The van der Waals surface area contributed by atoms with Gasteiger partial charge in [0.25, 0.3) is 0 Å². The number of likely N-dealkylation sites (N-methyl/N-ethyl adjacent to an activating group) is 2. The minimum Gasteiger partial charge on any atom is -0.355 e. The molecule has 1 heterocycles. The van der Waals surface area contributed by atoms with E-state index in [-0.39, 0.29) is 11.4 Å². The van der Waals surface area contributed by atoms with Crippen LogP contribution < -0.4 is 15.5 Å². The van der Waals surface area contributed by atoms with Crippen LogP contribution in [0.15, 0.2) is 12.3 Å². The lowest BCUT2D eigenvalue weighted by molar-refractivity contribution is -0.119. The topological polar surface area (TPSA) is 57.3 Å². The van der Waals surface area contributed by atoms with Crippen LogP contribution in [0.1, 0.15) is 38.8 Å². The first-order valence-electron chi connectivity index (χ1n) is 7.41. The van der Waals surface area contributed by atoms with Crippen LogP contribution in [0.4, 0.5) is 5.82 Å². The van der Waals surface area contributed by atoms with Crippen LogP contribution in [-0.4, -0.2) is 36.6 Å². The average Bonchev–Trinajstić information content (AvgIpc) is 2.35. The van der Waals surface area contributed by atoms with Crippen LogP contribution >= 0.6 is 0 Å². The molecule has 0 unspecified atom stereocenters. The van der Waals surface area contributed by atoms with Crippen molar-refractivity contribution in [3.05, 3.63) is 23.4 Å². The molecule has 0 atom stereocenters. The number of aromatic nitrogens is 1. The van der Waals surface area contributed by atoms with E-state index < -0.39 is 0 Å². The monoisotopic (exact) mass is 292 g/mol. The SMILES string of the molecule is CCNC(=O)CN(C)c1ncc(CNC(C)(C)C)cc1C. The number of anilines is 1. The van der Waals surface area contributed by atoms with Gasteiger partial charge in [0.15, 0.2) is 0 Å². The van der Waals surface area contributed by atoms with Crippen LogP contribution in [0.3, 0.4) is 0 Å². The molecular formula is C16H28N4O. The number of hydrogen-bond acceptors (Lipinski definition) is 4. The van der Waals surface area contributed by atoms with Crippen molar-refractivity contribution in [1.82, 2.24) is 15.6 Å². The van der Waals surface area contributed by atoms with Gasteiger partial charge in [-0.1, -0.05) is 0 Å². The minimum atomic E-state index is 0.0136. The van der Waals surface area contributed by atoms with Crippen molar-refractivity contribution < 1.29 is 4.79 Å². The molecule has 1 amide bonds. The fourth-order valence-corrected chi connectivity index (χ4v) is 2.03. The Hall–Kier alpha value is -1.62. The van der Waals surface area contributed by atoms with Crippen LogP contribution in [0.25, 0.3) is 0 Å². The summed E-state index contributed by atoms with van der Waals surface area (Å²) in [6.07, 6.45) is 1.87. The maximum Gasteiger partial charge on any atom is 0.239 e. The lowest BCUT2D eigenvalue weighted by Crippen LogP contribution is -2.36. The lowest BCUT2D eigenvalue weighted by atomic mass is 10.1. The number of rotatable bonds is 6. The molecule has 0 radical (unpaired) electrons. The fourth-order valence-electron chi connectivity index (χ4n) is 2.03. The van der Waals surface area contributed by atoms with Gasteiger partial charge >= 0.3 is 0 Å². The molecule has 0 spiro atoms. The highest BCUT2D eigenvalue weighted by Crippen LogP contribution is 2.17. The first-order valence-corrected chi connectivity index (χ1v) is 7.41. The Balaban J connectivity index is 2.71. The Morgan fingerprint density at radius 3 is 2.57 bits per heavy atom. The average molecular weight is 292 g/mol. The fraction of sp³-hybridized carbons (Fsp3) is 0.625. The van der Waals surface area contributed by atoms with E-state index in [2.05, 4.69) is 42.5 Å². The summed E-state index contributed by atoms with van der Waals surface area (Å²) in [5.41, 5.74) is 2.31. The Kier molecular flexibility index (Phi) is 6.15. The normalized spacial score (nSPS) is 11.3. The molecule has 0 saturated carbocycles. The molecule has 1 rings (SSSR count). The van der Waals surface area contributed by atoms with Crippen LogP contribution in [0.2, 0.25) is 0 Å². The van der Waals surface area contributed by atoms with Gasteiger partial charge in [0.2, 0.25) is 5.91 Å². The molecule has 0 saturated heterocycles. The third-order valence-corrected chi connectivity index (χ3v) is 3.05. The minimum absolute atomic E-state index is 0.0136. The Labute approximate surface area is 128 Å². The van der Waals surface area contributed by atoms with E-state index in [4.69, 9.17) is 0 Å². The summed E-state index contributed by atoms with van der Waals surface area (Å²) < 4.78 is 0. The number of carbonyl (C=O) groups excluding carboxylic acids is 1. The Morgan fingerprint density at radius 1 is 1.38 bits per heavy atom. The van der Waals surface area contributed by atoms with E-state index in [1.165, 1.54) is 0 Å². The van der Waals surface area contributed by atoms with Crippen molar-refractivity contribution in [2.45, 2.75) is 46.7 Å². The molecule has 21 heavy (non-hydrogen) atoms. The first-order chi connectivity index (χ1) is 9.73. The lowest BCUT2D eigenvalue weighted by Gasteiger charge is -2.22. The summed E-state index contributed by atoms with van der Waals surface area (Å²) in [5.74, 6) is 0.862. The first kappa shape index (κ1) is 17.4. The smallest absolute Gasteiger partial charge is 0.239 e. The number of pyridine rings is 1. The van der Waals surface area contributed by atoms with Crippen molar-refractivity contribution >= 4 is 11.7 Å². The van der Waals surface area contributed by atoms with Gasteiger partial charge in [-0.25, -0.2) is 4.98 Å². The van der Waals surface area contributed by atoms with Crippen molar-refractivity contribution in [3.8, 4) is 0 Å². The molecular weight excluding hydrogens is 264 g/mol. The predicted molar refractivity (Wildman–Crippen MR) is 87.5 cm³/mol. The number of hydrogen-bond donors (Lipinski definition) is 2. The van der Waals surface area contributed by atoms with Gasteiger partial charge in [-0.3, -0.25) is 4.79 Å².